The van der Waals surface area contributed by atoms with Crippen LogP contribution in [-0.4, -0.2) is 35.3 Å². The highest BCUT2D eigenvalue weighted by atomic mass is 32.1. The van der Waals surface area contributed by atoms with Gasteiger partial charge < -0.3 is 19.5 Å². The maximum absolute atomic E-state index is 13.6. The van der Waals surface area contributed by atoms with E-state index in [1.54, 1.807) is 0 Å². The van der Waals surface area contributed by atoms with E-state index < -0.39 is 0 Å². The van der Waals surface area contributed by atoms with E-state index in [0.29, 0.717) is 26.3 Å². The van der Waals surface area contributed by atoms with Crippen LogP contribution < -0.4 is 5.32 Å². The number of carbonyl (C=O) groups is 1. The van der Waals surface area contributed by atoms with Crippen molar-refractivity contribution in [1.29, 1.82) is 0 Å². The molecule has 0 radical (unpaired) electrons. The van der Waals surface area contributed by atoms with Crippen LogP contribution in [0.25, 0.3) is 5.00 Å². The van der Waals surface area contributed by atoms with E-state index in [9.17, 15) is 4.79 Å². The highest BCUT2D eigenvalue weighted by Gasteiger charge is 2.35. The fourth-order valence-electron chi connectivity index (χ4n) is 5.10. The van der Waals surface area contributed by atoms with Gasteiger partial charge in [0.2, 0.25) is 0 Å². The number of nitrogens with zero attached hydrogens (tertiary/aromatic N) is 2. The van der Waals surface area contributed by atoms with Crippen molar-refractivity contribution in [2.24, 2.45) is 0 Å². The van der Waals surface area contributed by atoms with Gasteiger partial charge in [0.05, 0.1) is 18.3 Å². The van der Waals surface area contributed by atoms with Crippen molar-refractivity contribution in [3.8, 4) is 5.00 Å². The summed E-state index contributed by atoms with van der Waals surface area (Å²) in [5, 5.41) is 4.47. The van der Waals surface area contributed by atoms with E-state index in [-0.39, 0.29) is 12.1 Å². The third-order valence-corrected chi connectivity index (χ3v) is 8.11. The second-order valence-corrected chi connectivity index (χ2v) is 10.1. The van der Waals surface area contributed by atoms with Crippen LogP contribution in [0.3, 0.4) is 0 Å². The summed E-state index contributed by atoms with van der Waals surface area (Å²) in [6, 6.07) is 12.8. The highest BCUT2D eigenvalue weighted by molar-refractivity contribution is 7.15. The topological polar surface area (TPSA) is 46.5 Å². The summed E-state index contributed by atoms with van der Waals surface area (Å²) in [6.07, 6.45) is 7.77. The molecule has 0 fully saturated rings. The van der Waals surface area contributed by atoms with E-state index in [4.69, 9.17) is 4.74 Å². The zero-order valence-electron chi connectivity index (χ0n) is 19.6. The van der Waals surface area contributed by atoms with Crippen LogP contribution in [-0.2, 0) is 24.1 Å². The molecule has 6 heteroatoms. The fraction of sp³-hybridized carbons (Fsp3) is 0.444. The average Bonchev–Trinajstić information content (AvgIpc) is 3.41. The number of urea groups is 1. The summed E-state index contributed by atoms with van der Waals surface area (Å²) in [6.45, 7) is 6.73. The second kappa shape index (κ2) is 9.74. The van der Waals surface area contributed by atoms with Crippen LogP contribution >= 0.6 is 11.3 Å². The lowest BCUT2D eigenvalue weighted by Crippen LogP contribution is -2.42. The minimum atomic E-state index is -0.133. The Morgan fingerprint density at radius 3 is 2.79 bits per heavy atom. The summed E-state index contributed by atoms with van der Waals surface area (Å²) in [7, 11) is 0. The molecule has 2 amide bonds. The molecule has 0 spiro atoms. The van der Waals surface area contributed by atoms with Crippen LogP contribution in [0.2, 0.25) is 0 Å². The van der Waals surface area contributed by atoms with Crippen molar-refractivity contribution < 1.29 is 9.53 Å². The van der Waals surface area contributed by atoms with E-state index >= 15 is 0 Å². The number of thiophene rings is 1. The van der Waals surface area contributed by atoms with Gasteiger partial charge >= 0.3 is 6.03 Å². The Hall–Kier alpha value is -2.57. The molecule has 174 valence electrons. The van der Waals surface area contributed by atoms with Crippen molar-refractivity contribution in [2.75, 3.05) is 19.8 Å². The summed E-state index contributed by atoms with van der Waals surface area (Å²) in [5.41, 5.74) is 6.35. The number of hydrogen-bond donors (Lipinski definition) is 1. The van der Waals surface area contributed by atoms with E-state index in [0.717, 1.165) is 30.5 Å². The minimum Gasteiger partial charge on any atom is -0.382 e. The number of aryl methyl sites for hydroxylation is 2. The molecule has 0 bridgehead atoms. The van der Waals surface area contributed by atoms with Gasteiger partial charge in [-0.1, -0.05) is 29.8 Å². The van der Waals surface area contributed by atoms with Crippen molar-refractivity contribution in [2.45, 2.75) is 58.5 Å². The molecule has 33 heavy (non-hydrogen) atoms. The summed E-state index contributed by atoms with van der Waals surface area (Å²) in [4.78, 5) is 17.2. The number of ether oxygens (including phenoxy) is 1. The highest BCUT2D eigenvalue weighted by Crippen LogP contribution is 2.43. The van der Waals surface area contributed by atoms with Gasteiger partial charge in [0.25, 0.3) is 0 Å². The van der Waals surface area contributed by atoms with Crippen molar-refractivity contribution in [3.05, 3.63) is 75.4 Å². The van der Waals surface area contributed by atoms with Crippen LogP contribution in [0.15, 0.2) is 42.6 Å². The molecule has 5 rings (SSSR count). The molecule has 1 aliphatic heterocycles. The van der Waals surface area contributed by atoms with Gasteiger partial charge in [0.15, 0.2) is 0 Å². The van der Waals surface area contributed by atoms with Gasteiger partial charge in [-0.05, 0) is 69.2 Å². The number of benzene rings is 1. The molecule has 5 nitrogen and oxygen atoms in total. The standard InChI is InChI=1S/C27H33N3O2S/c1-3-32-17-7-15-28-27(31)30-18-22-21-8-4-5-10-24(21)33-26(22)29-16-6-9-23(29)25(30)20-13-11-19(2)12-14-20/h6,9,11-14,16,25H,3-5,7-8,10,15,17-18H2,1-2H3,(H,28,31). The molecule has 0 saturated carbocycles. The molecule has 2 aliphatic rings. The minimum absolute atomic E-state index is 0.00608. The van der Waals surface area contributed by atoms with Crippen LogP contribution in [0, 0.1) is 6.92 Å². The average molecular weight is 464 g/mol. The predicted molar refractivity (Wildman–Crippen MR) is 133 cm³/mol. The lowest BCUT2D eigenvalue weighted by atomic mass is 9.95. The Morgan fingerprint density at radius 1 is 1.15 bits per heavy atom. The number of amides is 2. The van der Waals surface area contributed by atoms with Gasteiger partial charge in [0, 0.05) is 36.4 Å². The van der Waals surface area contributed by atoms with E-state index in [2.05, 4.69) is 59.4 Å². The zero-order valence-corrected chi connectivity index (χ0v) is 20.4. The molecule has 1 unspecified atom stereocenters. The number of fused-ring (bicyclic) bond motifs is 5. The first-order valence-electron chi connectivity index (χ1n) is 12.2. The number of hydrogen-bond acceptors (Lipinski definition) is 3. The zero-order chi connectivity index (χ0) is 22.8. The molecule has 1 N–H and O–H groups in total. The maximum Gasteiger partial charge on any atom is 0.318 e. The van der Waals surface area contributed by atoms with Crippen molar-refractivity contribution >= 4 is 17.4 Å². The van der Waals surface area contributed by atoms with Gasteiger partial charge in [0.1, 0.15) is 5.00 Å². The Labute approximate surface area is 200 Å². The molecular weight excluding hydrogens is 430 g/mol. The van der Waals surface area contributed by atoms with Gasteiger partial charge in [-0.3, -0.25) is 0 Å². The third kappa shape index (κ3) is 4.34. The maximum atomic E-state index is 13.6. The predicted octanol–water partition coefficient (Wildman–Crippen LogP) is 5.77. The van der Waals surface area contributed by atoms with Crippen LogP contribution in [0.1, 0.15) is 65.1 Å². The smallest absolute Gasteiger partial charge is 0.318 e. The number of aromatic nitrogens is 1. The quantitative estimate of drug-likeness (QED) is 0.472. The fourth-order valence-corrected chi connectivity index (χ4v) is 6.51. The first-order chi connectivity index (χ1) is 16.2. The molecule has 1 aromatic carbocycles. The molecule has 0 saturated heterocycles. The largest absolute Gasteiger partial charge is 0.382 e. The molecular formula is C27H33N3O2S. The molecule has 2 aromatic heterocycles. The molecule has 3 heterocycles. The molecule has 1 atom stereocenters. The third-order valence-electron chi connectivity index (χ3n) is 6.78. The Morgan fingerprint density at radius 2 is 1.97 bits per heavy atom. The SMILES string of the molecule is CCOCCCNC(=O)N1Cc2c(sc3c2CCCC3)-n2cccc2C1c1ccc(C)cc1. The van der Waals surface area contributed by atoms with Gasteiger partial charge in [-0.15, -0.1) is 11.3 Å². The Balaban J connectivity index is 1.55. The summed E-state index contributed by atoms with van der Waals surface area (Å²) in [5.74, 6) is 0. The Bertz CT molecular complexity index is 1120. The number of carbonyl (C=O) groups excluding carboxylic acids is 1. The first kappa shape index (κ1) is 22.2. The Kier molecular flexibility index (Phi) is 6.56. The van der Waals surface area contributed by atoms with Crippen LogP contribution in [0.4, 0.5) is 4.79 Å². The number of rotatable bonds is 6. The van der Waals surface area contributed by atoms with Gasteiger partial charge in [-0.2, -0.15) is 0 Å². The van der Waals surface area contributed by atoms with Crippen LogP contribution in [0.5, 0.6) is 0 Å². The molecule has 3 aromatic rings. The summed E-state index contributed by atoms with van der Waals surface area (Å²) >= 11 is 1.93. The van der Waals surface area contributed by atoms with Crippen molar-refractivity contribution in [3.63, 3.8) is 0 Å². The van der Waals surface area contributed by atoms with E-state index in [1.165, 1.54) is 39.4 Å². The normalized spacial score (nSPS) is 17.2. The second-order valence-electron chi connectivity index (χ2n) is 9.02. The first-order valence-corrected chi connectivity index (χ1v) is 13.0. The summed E-state index contributed by atoms with van der Waals surface area (Å²) < 4.78 is 7.79. The van der Waals surface area contributed by atoms with Gasteiger partial charge in [-0.25, -0.2) is 4.79 Å². The molecule has 1 aliphatic carbocycles. The lowest BCUT2D eigenvalue weighted by Gasteiger charge is -2.31. The van der Waals surface area contributed by atoms with E-state index in [1.807, 2.05) is 23.2 Å². The lowest BCUT2D eigenvalue weighted by molar-refractivity contribution is 0.143. The van der Waals surface area contributed by atoms with Crippen molar-refractivity contribution in [1.82, 2.24) is 14.8 Å². The monoisotopic (exact) mass is 463 g/mol. The number of nitrogens with one attached hydrogen (secondary N) is 1.